The Labute approximate surface area is 297 Å². The van der Waals surface area contributed by atoms with Crippen LogP contribution in [-0.2, 0) is 0 Å². The van der Waals surface area contributed by atoms with Crippen molar-refractivity contribution in [1.82, 2.24) is 14.1 Å². The Morgan fingerprint density at radius 2 is 1.08 bits per heavy atom. The molecule has 11 rings (SSSR count). The third-order valence-electron chi connectivity index (χ3n) is 10.3. The van der Waals surface area contributed by atoms with Crippen LogP contribution in [0.25, 0.3) is 97.7 Å². The van der Waals surface area contributed by atoms with Gasteiger partial charge in [0.15, 0.2) is 0 Å². The van der Waals surface area contributed by atoms with E-state index in [0.717, 1.165) is 33.8 Å². The van der Waals surface area contributed by atoms with Crippen LogP contribution >= 0.6 is 11.3 Å². The van der Waals surface area contributed by atoms with Crippen molar-refractivity contribution in [3.8, 4) is 33.9 Å². The van der Waals surface area contributed by atoms with Gasteiger partial charge in [0.25, 0.3) is 0 Å². The van der Waals surface area contributed by atoms with Gasteiger partial charge in [-0.15, -0.1) is 11.3 Å². The fourth-order valence-corrected chi connectivity index (χ4v) is 9.05. The monoisotopic (exact) mass is 667 g/mol. The van der Waals surface area contributed by atoms with E-state index in [1.54, 1.807) is 0 Å². The van der Waals surface area contributed by atoms with Crippen molar-refractivity contribution < 1.29 is 0 Å². The Kier molecular flexibility index (Phi) is 6.12. The summed E-state index contributed by atoms with van der Waals surface area (Å²) < 4.78 is 7.34. The summed E-state index contributed by atoms with van der Waals surface area (Å²) in [7, 11) is 0. The van der Waals surface area contributed by atoms with Gasteiger partial charge in [0.2, 0.25) is 0 Å². The first-order valence-corrected chi connectivity index (χ1v) is 18.1. The van der Waals surface area contributed by atoms with Crippen LogP contribution in [0.15, 0.2) is 176 Å². The summed E-state index contributed by atoms with van der Waals surface area (Å²) in [5.74, 6) is 0.931. The van der Waals surface area contributed by atoms with Crippen LogP contribution in [0.1, 0.15) is 0 Å². The molecule has 0 saturated heterocycles. The van der Waals surface area contributed by atoms with Gasteiger partial charge in [0, 0.05) is 47.9 Å². The average molecular weight is 668 g/mol. The van der Waals surface area contributed by atoms with Crippen LogP contribution in [0, 0.1) is 0 Å². The molecular weight excluding hydrogens is 639 g/mol. The average Bonchev–Trinajstić information content (AvgIpc) is 3.87. The molecule has 0 N–H and O–H groups in total. The van der Waals surface area contributed by atoms with Gasteiger partial charge in [-0.3, -0.25) is 4.57 Å². The summed E-state index contributed by atoms with van der Waals surface area (Å²) in [6.45, 7) is 0. The van der Waals surface area contributed by atoms with Gasteiger partial charge in [-0.05, 0) is 101 Å². The van der Waals surface area contributed by atoms with Crippen molar-refractivity contribution in [3.63, 3.8) is 0 Å². The van der Waals surface area contributed by atoms with Gasteiger partial charge in [0.1, 0.15) is 5.82 Å². The Balaban J connectivity index is 1.12. The van der Waals surface area contributed by atoms with Crippen molar-refractivity contribution in [3.05, 3.63) is 176 Å². The zero-order valence-electron chi connectivity index (χ0n) is 27.5. The lowest BCUT2D eigenvalue weighted by molar-refractivity contribution is 1.10. The minimum atomic E-state index is 0.931. The molecule has 51 heavy (non-hydrogen) atoms. The fourth-order valence-electron chi connectivity index (χ4n) is 7.97. The molecule has 0 aliphatic heterocycles. The summed E-state index contributed by atoms with van der Waals surface area (Å²) in [6.07, 6.45) is 0. The molecule has 0 unspecified atom stereocenters. The number of aromatic nitrogens is 3. The number of nitrogens with zero attached hydrogens (tertiary/aromatic N) is 3. The highest BCUT2D eigenvalue weighted by Crippen LogP contribution is 2.41. The molecule has 4 heteroatoms. The Hall–Kier alpha value is -6.49. The van der Waals surface area contributed by atoms with Gasteiger partial charge in [0.05, 0.1) is 22.1 Å². The maximum absolute atomic E-state index is 5.12. The van der Waals surface area contributed by atoms with E-state index in [-0.39, 0.29) is 0 Å². The lowest BCUT2D eigenvalue weighted by Crippen LogP contribution is -1.98. The third-order valence-corrected chi connectivity index (χ3v) is 11.5. The van der Waals surface area contributed by atoms with E-state index in [4.69, 9.17) is 4.98 Å². The van der Waals surface area contributed by atoms with Gasteiger partial charge in [-0.1, -0.05) is 97.1 Å². The lowest BCUT2D eigenvalue weighted by Gasteiger charge is -2.12. The molecular formula is C47H29N3S. The van der Waals surface area contributed by atoms with E-state index >= 15 is 0 Å². The molecule has 3 heterocycles. The van der Waals surface area contributed by atoms with Gasteiger partial charge in [-0.2, -0.15) is 0 Å². The summed E-state index contributed by atoms with van der Waals surface area (Å²) >= 11 is 1.86. The Morgan fingerprint density at radius 3 is 1.98 bits per heavy atom. The molecule has 238 valence electrons. The summed E-state index contributed by atoms with van der Waals surface area (Å²) in [5, 5.41) is 7.69. The predicted octanol–water partition coefficient (Wildman–Crippen LogP) is 13.0. The largest absolute Gasteiger partial charge is 0.309 e. The van der Waals surface area contributed by atoms with E-state index < -0.39 is 0 Å². The van der Waals surface area contributed by atoms with E-state index in [1.165, 1.54) is 63.9 Å². The maximum Gasteiger partial charge on any atom is 0.145 e. The zero-order chi connectivity index (χ0) is 33.5. The number of imidazole rings is 1. The number of fused-ring (bicyclic) bond motifs is 9. The first-order valence-electron chi connectivity index (χ1n) is 17.3. The minimum Gasteiger partial charge on any atom is -0.309 e. The third kappa shape index (κ3) is 4.33. The second-order valence-electron chi connectivity index (χ2n) is 13.2. The first-order chi connectivity index (χ1) is 25.3. The Bertz CT molecular complexity index is 3130. The van der Waals surface area contributed by atoms with E-state index in [9.17, 15) is 0 Å². The van der Waals surface area contributed by atoms with Crippen LogP contribution in [0.4, 0.5) is 0 Å². The van der Waals surface area contributed by atoms with Crippen LogP contribution in [0.3, 0.4) is 0 Å². The van der Waals surface area contributed by atoms with Crippen LogP contribution in [0.2, 0.25) is 0 Å². The zero-order valence-corrected chi connectivity index (χ0v) is 28.3. The fraction of sp³-hybridized carbons (Fsp3) is 0. The van der Waals surface area contributed by atoms with Crippen molar-refractivity contribution in [1.29, 1.82) is 0 Å². The summed E-state index contributed by atoms with van der Waals surface area (Å²) in [6, 6.07) is 63.7. The summed E-state index contributed by atoms with van der Waals surface area (Å²) in [5.41, 5.74) is 10.2. The number of benzene rings is 8. The number of para-hydroxylation sites is 3. The van der Waals surface area contributed by atoms with Crippen LogP contribution < -0.4 is 0 Å². The van der Waals surface area contributed by atoms with Crippen molar-refractivity contribution >= 4 is 75.1 Å². The molecule has 0 spiro atoms. The number of hydrogen-bond acceptors (Lipinski definition) is 2. The maximum atomic E-state index is 5.12. The molecule has 0 amide bonds. The molecule has 11 aromatic rings. The molecule has 8 aromatic carbocycles. The molecule has 0 radical (unpaired) electrons. The van der Waals surface area contributed by atoms with Gasteiger partial charge >= 0.3 is 0 Å². The molecule has 3 aromatic heterocycles. The van der Waals surface area contributed by atoms with E-state index in [2.05, 4.69) is 185 Å². The molecule has 0 aliphatic rings. The highest BCUT2D eigenvalue weighted by atomic mass is 32.1. The number of rotatable bonds is 4. The highest BCUT2D eigenvalue weighted by Gasteiger charge is 2.18. The molecule has 0 fully saturated rings. The first kappa shape index (κ1) is 28.4. The Morgan fingerprint density at radius 1 is 0.392 bits per heavy atom. The molecule has 0 saturated carbocycles. The van der Waals surface area contributed by atoms with Crippen LogP contribution in [-0.4, -0.2) is 14.1 Å². The molecule has 3 nitrogen and oxygen atoms in total. The minimum absolute atomic E-state index is 0.931. The second-order valence-corrected chi connectivity index (χ2v) is 14.3. The van der Waals surface area contributed by atoms with Gasteiger partial charge < -0.3 is 4.57 Å². The lowest BCUT2D eigenvalue weighted by atomic mass is 10.00. The predicted molar refractivity (Wildman–Crippen MR) is 217 cm³/mol. The van der Waals surface area contributed by atoms with Crippen LogP contribution in [0.5, 0.6) is 0 Å². The SMILES string of the molecule is c1ccc(-n2c(-c3ccc(-n4c5cc(-c6ccc7sc8ccccc8c7c6)ccc5c5c6ccccc6ccc54)cc3)nc3ccccc32)cc1. The van der Waals surface area contributed by atoms with Crippen molar-refractivity contribution in [2.45, 2.75) is 0 Å². The summed E-state index contributed by atoms with van der Waals surface area (Å²) in [4.78, 5) is 5.12. The topological polar surface area (TPSA) is 22.8 Å². The van der Waals surface area contributed by atoms with Crippen molar-refractivity contribution in [2.75, 3.05) is 0 Å². The normalized spacial score (nSPS) is 11.9. The highest BCUT2D eigenvalue weighted by molar-refractivity contribution is 7.25. The molecule has 0 aliphatic carbocycles. The number of thiophene rings is 1. The van der Waals surface area contributed by atoms with E-state index in [0.29, 0.717) is 0 Å². The standard InChI is InChI=1S/C47H29N3S/c1-2-11-34(12-3-1)50-41-16-8-7-15-40(41)48-47(50)31-18-23-35(24-19-31)49-42-26-21-30-10-4-5-13-36(30)46(42)38-25-20-33(29-43(38)49)32-22-27-45-39(28-32)37-14-6-9-17-44(37)51-45/h1-29H. The quantitative estimate of drug-likeness (QED) is 0.183. The smallest absolute Gasteiger partial charge is 0.145 e. The van der Waals surface area contributed by atoms with Crippen molar-refractivity contribution in [2.24, 2.45) is 0 Å². The molecule has 0 atom stereocenters. The second kappa shape index (κ2) is 11.0. The van der Waals surface area contributed by atoms with Gasteiger partial charge in [-0.25, -0.2) is 4.98 Å². The van der Waals surface area contributed by atoms with E-state index in [1.807, 2.05) is 11.3 Å². The number of hydrogen-bond donors (Lipinski definition) is 0. The molecule has 0 bridgehead atoms.